The molecule has 3 heterocycles. The maximum atomic E-state index is 13.0. The number of thiophene rings is 1. The number of sulfonamides is 1. The molecule has 1 N–H and O–H groups in total. The van der Waals surface area contributed by atoms with E-state index in [0.717, 1.165) is 42.8 Å². The molecule has 0 aliphatic carbocycles. The average molecular weight is 505 g/mol. The fourth-order valence-corrected chi connectivity index (χ4v) is 7.45. The largest absolute Gasteiger partial charge is 0.345 e. The zero-order chi connectivity index (χ0) is 24.6. The van der Waals surface area contributed by atoms with Gasteiger partial charge in [0.25, 0.3) is 11.8 Å². The lowest BCUT2D eigenvalue weighted by Gasteiger charge is -2.30. The molecule has 1 atom stereocenters. The van der Waals surface area contributed by atoms with Gasteiger partial charge in [0, 0.05) is 50.7 Å². The molecule has 1 saturated heterocycles. The van der Waals surface area contributed by atoms with E-state index >= 15 is 0 Å². The number of carbonyl (C=O) groups is 2. The Morgan fingerprint density at radius 2 is 1.85 bits per heavy atom. The third-order valence-electron chi connectivity index (χ3n) is 6.47. The molecule has 10 heteroatoms. The van der Waals surface area contributed by atoms with E-state index in [1.54, 1.807) is 14.1 Å². The van der Waals surface area contributed by atoms with Gasteiger partial charge in [0.15, 0.2) is 0 Å². The standard InChI is InChI=1S/C24H32N4O4S2/c1-16-6-5-12-28(14-16)34(31,32)18-9-7-17(8-10-18)22(29)25-23-21(24(30)26(2)3)19-11-13-27(4)15-20(19)33-23/h7-10,16H,5-6,11-15H2,1-4H3,(H,25,29). The minimum absolute atomic E-state index is 0.130. The van der Waals surface area contributed by atoms with Crippen LogP contribution in [0, 0.1) is 5.92 Å². The molecule has 184 valence electrons. The SMILES string of the molecule is CC1CCCN(S(=O)(=O)c2ccc(C(=O)Nc3sc4c(c3C(=O)N(C)C)CCN(C)C4)cc2)C1. The third-order valence-corrected chi connectivity index (χ3v) is 9.48. The van der Waals surface area contributed by atoms with Crippen molar-refractivity contribution in [2.45, 2.75) is 37.6 Å². The van der Waals surface area contributed by atoms with Gasteiger partial charge in [-0.3, -0.25) is 9.59 Å². The first kappa shape index (κ1) is 24.8. The van der Waals surface area contributed by atoms with Crippen LogP contribution in [0.15, 0.2) is 29.2 Å². The topological polar surface area (TPSA) is 90.0 Å². The molecule has 1 aromatic carbocycles. The van der Waals surface area contributed by atoms with Crippen molar-refractivity contribution in [2.24, 2.45) is 5.92 Å². The number of amides is 2. The predicted molar refractivity (Wildman–Crippen MR) is 134 cm³/mol. The van der Waals surface area contributed by atoms with E-state index in [1.807, 2.05) is 7.05 Å². The molecule has 2 aromatic rings. The van der Waals surface area contributed by atoms with Crippen molar-refractivity contribution < 1.29 is 18.0 Å². The molecule has 1 unspecified atom stereocenters. The number of hydrogen-bond acceptors (Lipinski definition) is 6. The molecule has 0 radical (unpaired) electrons. The smallest absolute Gasteiger partial charge is 0.256 e. The molecule has 2 aliphatic rings. The minimum Gasteiger partial charge on any atom is -0.345 e. The Balaban J connectivity index is 1.56. The quantitative estimate of drug-likeness (QED) is 0.676. The highest BCUT2D eigenvalue weighted by atomic mass is 32.2. The number of hydrogen-bond donors (Lipinski definition) is 1. The van der Waals surface area contributed by atoms with Gasteiger partial charge in [-0.2, -0.15) is 4.31 Å². The summed E-state index contributed by atoms with van der Waals surface area (Å²) in [7, 11) is 1.86. The van der Waals surface area contributed by atoms with Crippen LogP contribution in [0.1, 0.15) is 50.9 Å². The molecule has 34 heavy (non-hydrogen) atoms. The number of nitrogens with one attached hydrogen (secondary N) is 1. The second kappa shape index (κ2) is 9.77. The number of anilines is 1. The van der Waals surface area contributed by atoms with Gasteiger partial charge in [0.2, 0.25) is 10.0 Å². The molecule has 4 rings (SSSR count). The molecular weight excluding hydrogens is 472 g/mol. The molecule has 8 nitrogen and oxygen atoms in total. The number of fused-ring (bicyclic) bond motifs is 1. The van der Waals surface area contributed by atoms with Gasteiger partial charge in [-0.25, -0.2) is 8.42 Å². The minimum atomic E-state index is -3.58. The highest BCUT2D eigenvalue weighted by Gasteiger charge is 2.30. The highest BCUT2D eigenvalue weighted by Crippen LogP contribution is 2.37. The summed E-state index contributed by atoms with van der Waals surface area (Å²) in [5.74, 6) is -0.158. The van der Waals surface area contributed by atoms with E-state index in [2.05, 4.69) is 17.1 Å². The molecule has 1 fully saturated rings. The molecule has 2 amide bonds. The van der Waals surface area contributed by atoms with E-state index < -0.39 is 10.0 Å². The van der Waals surface area contributed by atoms with Crippen molar-refractivity contribution in [3.05, 3.63) is 45.8 Å². The molecule has 0 spiro atoms. The van der Waals surface area contributed by atoms with Crippen molar-refractivity contribution in [1.29, 1.82) is 0 Å². The molecule has 0 saturated carbocycles. The summed E-state index contributed by atoms with van der Waals surface area (Å²) in [5, 5.41) is 3.46. The van der Waals surface area contributed by atoms with E-state index in [0.29, 0.717) is 35.1 Å². The van der Waals surface area contributed by atoms with Crippen LogP contribution in [0.3, 0.4) is 0 Å². The fourth-order valence-electron chi connectivity index (χ4n) is 4.54. The van der Waals surface area contributed by atoms with Crippen LogP contribution in [0.25, 0.3) is 0 Å². The number of benzene rings is 1. The molecule has 2 aliphatic heterocycles. The van der Waals surface area contributed by atoms with E-state index in [-0.39, 0.29) is 16.7 Å². The van der Waals surface area contributed by atoms with Crippen LogP contribution in [0.5, 0.6) is 0 Å². The zero-order valence-electron chi connectivity index (χ0n) is 20.1. The number of rotatable bonds is 5. The second-order valence-corrected chi connectivity index (χ2v) is 12.5. The third kappa shape index (κ3) is 4.91. The van der Waals surface area contributed by atoms with E-state index in [1.165, 1.54) is 44.8 Å². The van der Waals surface area contributed by atoms with Gasteiger partial charge in [-0.1, -0.05) is 6.92 Å². The average Bonchev–Trinajstić information content (AvgIpc) is 3.15. The Bertz CT molecular complexity index is 1190. The normalized spacial score (nSPS) is 19.5. The Hall–Kier alpha value is -2.27. The lowest BCUT2D eigenvalue weighted by molar-refractivity contribution is 0.0827. The number of carbonyl (C=O) groups excluding carboxylic acids is 2. The zero-order valence-corrected chi connectivity index (χ0v) is 21.8. The summed E-state index contributed by atoms with van der Waals surface area (Å²) in [4.78, 5) is 31.0. The van der Waals surface area contributed by atoms with Gasteiger partial charge in [-0.15, -0.1) is 11.3 Å². The first-order valence-corrected chi connectivity index (χ1v) is 13.8. The summed E-state index contributed by atoms with van der Waals surface area (Å²) in [5.41, 5.74) is 1.91. The Labute approximate surface area is 205 Å². The van der Waals surface area contributed by atoms with Crippen LogP contribution in [0.2, 0.25) is 0 Å². The van der Waals surface area contributed by atoms with Gasteiger partial charge in [-0.05, 0) is 62.1 Å². The van der Waals surface area contributed by atoms with Gasteiger partial charge >= 0.3 is 0 Å². The monoisotopic (exact) mass is 504 g/mol. The Kier molecular flexibility index (Phi) is 7.14. The first-order chi connectivity index (χ1) is 16.1. The second-order valence-electron chi connectivity index (χ2n) is 9.48. The van der Waals surface area contributed by atoms with Crippen LogP contribution >= 0.6 is 11.3 Å². The van der Waals surface area contributed by atoms with Crippen molar-refractivity contribution in [3.8, 4) is 0 Å². The number of piperidine rings is 1. The van der Waals surface area contributed by atoms with Crippen LogP contribution in [0.4, 0.5) is 5.00 Å². The highest BCUT2D eigenvalue weighted by molar-refractivity contribution is 7.89. The Morgan fingerprint density at radius 3 is 2.50 bits per heavy atom. The summed E-state index contributed by atoms with van der Waals surface area (Å²) >= 11 is 1.44. The van der Waals surface area contributed by atoms with Crippen molar-refractivity contribution in [1.82, 2.24) is 14.1 Å². The van der Waals surface area contributed by atoms with Gasteiger partial charge in [0.05, 0.1) is 10.5 Å². The number of likely N-dealkylation sites (N-methyl/N-ethyl adjacent to an activating group) is 1. The maximum absolute atomic E-state index is 13.0. The first-order valence-electron chi connectivity index (χ1n) is 11.5. The maximum Gasteiger partial charge on any atom is 0.256 e. The van der Waals surface area contributed by atoms with E-state index in [4.69, 9.17) is 0 Å². The lowest BCUT2D eigenvalue weighted by atomic mass is 10.0. The lowest BCUT2D eigenvalue weighted by Crippen LogP contribution is -2.39. The van der Waals surface area contributed by atoms with Crippen molar-refractivity contribution in [3.63, 3.8) is 0 Å². The summed E-state index contributed by atoms with van der Waals surface area (Å²) in [6.07, 6.45) is 2.65. The number of nitrogens with zero attached hydrogens (tertiary/aromatic N) is 3. The van der Waals surface area contributed by atoms with Crippen LogP contribution in [-0.2, 0) is 23.0 Å². The summed E-state index contributed by atoms with van der Waals surface area (Å²) in [6, 6.07) is 6.04. The molecule has 0 bridgehead atoms. The summed E-state index contributed by atoms with van der Waals surface area (Å²) in [6.45, 7) is 4.70. The van der Waals surface area contributed by atoms with Crippen molar-refractivity contribution >= 4 is 38.2 Å². The fraction of sp³-hybridized carbons (Fsp3) is 0.500. The Morgan fingerprint density at radius 1 is 1.15 bits per heavy atom. The molecule has 1 aromatic heterocycles. The van der Waals surface area contributed by atoms with Crippen LogP contribution < -0.4 is 5.32 Å². The molecular formula is C24H32N4O4S2. The predicted octanol–water partition coefficient (Wildman–Crippen LogP) is 3.11. The van der Waals surface area contributed by atoms with Gasteiger partial charge in [0.1, 0.15) is 5.00 Å². The van der Waals surface area contributed by atoms with E-state index in [9.17, 15) is 18.0 Å². The van der Waals surface area contributed by atoms with Crippen molar-refractivity contribution in [2.75, 3.05) is 46.1 Å². The summed E-state index contributed by atoms with van der Waals surface area (Å²) < 4.78 is 27.5. The van der Waals surface area contributed by atoms with Crippen LogP contribution in [-0.4, -0.2) is 75.1 Å². The van der Waals surface area contributed by atoms with Gasteiger partial charge < -0.3 is 15.1 Å².